The van der Waals surface area contributed by atoms with E-state index in [2.05, 4.69) is 15.3 Å². The van der Waals surface area contributed by atoms with Crippen molar-refractivity contribution in [1.29, 1.82) is 0 Å². The summed E-state index contributed by atoms with van der Waals surface area (Å²) in [5, 5.41) is 13.4. The molecule has 0 saturated carbocycles. The minimum absolute atomic E-state index is 0.0651. The van der Waals surface area contributed by atoms with Crippen molar-refractivity contribution < 1.29 is 9.72 Å². The molecular weight excluding hydrogens is 296 g/mol. The van der Waals surface area contributed by atoms with E-state index in [1.165, 1.54) is 30.6 Å². The van der Waals surface area contributed by atoms with E-state index in [0.29, 0.717) is 5.56 Å². The van der Waals surface area contributed by atoms with Gasteiger partial charge < -0.3 is 5.32 Å². The van der Waals surface area contributed by atoms with Crippen LogP contribution in [0.2, 0.25) is 5.15 Å². The average Bonchev–Trinajstić information content (AvgIpc) is 2.49. The van der Waals surface area contributed by atoms with E-state index < -0.39 is 10.8 Å². The van der Waals surface area contributed by atoms with Crippen molar-refractivity contribution in [3.8, 4) is 0 Å². The second kappa shape index (κ2) is 6.27. The number of nitrogens with one attached hydrogen (secondary N) is 1. The maximum Gasteiger partial charge on any atom is 0.269 e. The van der Waals surface area contributed by atoms with Crippen LogP contribution in [0.15, 0.2) is 36.7 Å². The quantitative estimate of drug-likeness (QED) is 0.691. The monoisotopic (exact) mass is 306 g/mol. The minimum atomic E-state index is -0.594. The number of nitrogens with zero attached hydrogens (tertiary/aromatic N) is 3. The molecule has 1 unspecified atom stereocenters. The van der Waals surface area contributed by atoms with E-state index in [1.54, 1.807) is 13.0 Å². The first-order valence-corrected chi connectivity index (χ1v) is 6.38. The summed E-state index contributed by atoms with van der Waals surface area (Å²) in [6.45, 7) is 1.64. The molecule has 2 rings (SSSR count). The van der Waals surface area contributed by atoms with Gasteiger partial charge in [0.05, 0.1) is 10.8 Å². The number of amides is 1. The maximum absolute atomic E-state index is 12.1. The van der Waals surface area contributed by atoms with Gasteiger partial charge in [-0.2, -0.15) is 0 Å². The third-order valence-corrected chi connectivity index (χ3v) is 3.15. The fraction of sp³-hybridized carbons (Fsp3) is 0.154. The highest BCUT2D eigenvalue weighted by Gasteiger charge is 2.19. The van der Waals surface area contributed by atoms with Crippen molar-refractivity contribution in [2.24, 2.45) is 0 Å². The number of carbonyl (C=O) groups excluding carboxylic acids is 1. The predicted octanol–water partition coefficient (Wildman–Crippen LogP) is 2.78. The van der Waals surface area contributed by atoms with E-state index in [-0.39, 0.29) is 22.6 Å². The van der Waals surface area contributed by atoms with Gasteiger partial charge in [-0.1, -0.05) is 23.7 Å². The molecule has 0 aliphatic rings. The van der Waals surface area contributed by atoms with Crippen LogP contribution in [0.5, 0.6) is 0 Å². The zero-order chi connectivity index (χ0) is 15.4. The molecule has 2 aromatic rings. The number of halogens is 1. The van der Waals surface area contributed by atoms with E-state index in [1.807, 2.05) is 0 Å². The molecule has 0 fully saturated rings. The zero-order valence-corrected chi connectivity index (χ0v) is 11.7. The van der Waals surface area contributed by atoms with E-state index >= 15 is 0 Å². The molecule has 0 radical (unpaired) electrons. The number of carbonyl (C=O) groups is 1. The molecule has 0 aliphatic carbocycles. The van der Waals surface area contributed by atoms with E-state index in [9.17, 15) is 14.9 Å². The highest BCUT2D eigenvalue weighted by molar-refractivity contribution is 6.32. The number of anilines is 1. The predicted molar refractivity (Wildman–Crippen MR) is 77.2 cm³/mol. The first-order chi connectivity index (χ1) is 9.99. The Hall–Kier alpha value is -2.54. The van der Waals surface area contributed by atoms with Crippen LogP contribution in [-0.4, -0.2) is 20.8 Å². The third-order valence-electron chi connectivity index (χ3n) is 2.87. The highest BCUT2D eigenvalue weighted by atomic mass is 35.5. The van der Waals surface area contributed by atoms with Gasteiger partial charge in [-0.25, -0.2) is 9.97 Å². The number of benzene rings is 1. The average molecular weight is 307 g/mol. The first-order valence-electron chi connectivity index (χ1n) is 6.00. The molecule has 0 aliphatic heterocycles. The van der Waals surface area contributed by atoms with Gasteiger partial charge >= 0.3 is 0 Å². The fourth-order valence-electron chi connectivity index (χ4n) is 1.69. The van der Waals surface area contributed by atoms with Crippen molar-refractivity contribution in [1.82, 2.24) is 9.97 Å². The Balaban J connectivity index is 2.18. The summed E-state index contributed by atoms with van der Waals surface area (Å²) in [6.07, 6.45) is 2.81. The van der Waals surface area contributed by atoms with Crippen LogP contribution >= 0.6 is 11.6 Å². The summed E-state index contributed by atoms with van der Waals surface area (Å²) in [4.78, 5) is 30.1. The molecule has 7 nitrogen and oxygen atoms in total. The van der Waals surface area contributed by atoms with Gasteiger partial charge in [0.2, 0.25) is 5.91 Å². The molecule has 0 spiro atoms. The standard InChI is InChI=1S/C13H11ClN4O3/c1-8(9-3-2-4-10(7-9)18(20)21)13(19)17-12-11(14)15-5-6-16-12/h2-8H,1H3,(H,16,17,19). The van der Waals surface area contributed by atoms with Gasteiger partial charge in [0.15, 0.2) is 11.0 Å². The summed E-state index contributed by atoms with van der Waals surface area (Å²) in [5.74, 6) is -0.817. The lowest BCUT2D eigenvalue weighted by molar-refractivity contribution is -0.384. The van der Waals surface area contributed by atoms with Crippen LogP contribution in [0.4, 0.5) is 11.5 Å². The number of aromatic nitrogens is 2. The van der Waals surface area contributed by atoms with Gasteiger partial charge in [0.25, 0.3) is 5.69 Å². The first kappa shape index (κ1) is 14.9. The normalized spacial score (nSPS) is 11.7. The van der Waals surface area contributed by atoms with Crippen LogP contribution in [0.25, 0.3) is 0 Å². The van der Waals surface area contributed by atoms with E-state index in [4.69, 9.17) is 11.6 Å². The van der Waals surface area contributed by atoms with Crippen LogP contribution in [0, 0.1) is 10.1 Å². The molecule has 1 atom stereocenters. The molecule has 21 heavy (non-hydrogen) atoms. The Labute approximate surface area is 125 Å². The smallest absolute Gasteiger partial charge is 0.269 e. The maximum atomic E-state index is 12.1. The molecule has 0 saturated heterocycles. The number of hydrogen-bond donors (Lipinski definition) is 1. The summed E-state index contributed by atoms with van der Waals surface area (Å²) in [7, 11) is 0. The molecule has 108 valence electrons. The Kier molecular flexibility index (Phi) is 4.44. The molecule has 0 bridgehead atoms. The molecule has 1 amide bonds. The summed E-state index contributed by atoms with van der Waals surface area (Å²) >= 11 is 5.81. The molecule has 1 N–H and O–H groups in total. The van der Waals surface area contributed by atoms with Crippen molar-refractivity contribution in [3.63, 3.8) is 0 Å². The van der Waals surface area contributed by atoms with Gasteiger partial charge in [-0.15, -0.1) is 0 Å². The Morgan fingerprint density at radius 2 is 2.10 bits per heavy atom. The third kappa shape index (κ3) is 3.51. The molecular formula is C13H11ClN4O3. The molecule has 1 heterocycles. The second-order valence-corrected chi connectivity index (χ2v) is 4.62. The summed E-state index contributed by atoms with van der Waals surface area (Å²) < 4.78 is 0. The molecule has 1 aromatic heterocycles. The fourth-order valence-corrected chi connectivity index (χ4v) is 1.84. The Morgan fingerprint density at radius 1 is 1.38 bits per heavy atom. The molecule has 8 heteroatoms. The molecule has 1 aromatic carbocycles. The van der Waals surface area contributed by atoms with Gasteiger partial charge in [0, 0.05) is 24.5 Å². The van der Waals surface area contributed by atoms with Crippen molar-refractivity contribution in [2.75, 3.05) is 5.32 Å². The number of rotatable bonds is 4. The highest BCUT2D eigenvalue weighted by Crippen LogP contribution is 2.23. The SMILES string of the molecule is CC(C(=O)Nc1nccnc1Cl)c1cccc([N+](=O)[O-])c1. The summed E-state index contributed by atoms with van der Waals surface area (Å²) in [5.41, 5.74) is 0.464. The van der Waals surface area contributed by atoms with Crippen molar-refractivity contribution in [3.05, 3.63) is 57.5 Å². The zero-order valence-electron chi connectivity index (χ0n) is 11.0. The number of nitro groups is 1. The van der Waals surface area contributed by atoms with Crippen LogP contribution in [0.1, 0.15) is 18.4 Å². The summed E-state index contributed by atoms with van der Waals surface area (Å²) in [6, 6.07) is 5.91. The van der Waals surface area contributed by atoms with E-state index in [0.717, 1.165) is 0 Å². The topological polar surface area (TPSA) is 98.0 Å². The Morgan fingerprint density at radius 3 is 2.76 bits per heavy atom. The lowest BCUT2D eigenvalue weighted by Crippen LogP contribution is -2.20. The van der Waals surface area contributed by atoms with Gasteiger partial charge in [-0.05, 0) is 12.5 Å². The number of nitro benzene ring substituents is 1. The second-order valence-electron chi connectivity index (χ2n) is 4.26. The lowest BCUT2D eigenvalue weighted by atomic mass is 10.00. The number of non-ortho nitro benzene ring substituents is 1. The van der Waals surface area contributed by atoms with Gasteiger partial charge in [0.1, 0.15) is 0 Å². The van der Waals surface area contributed by atoms with Crippen molar-refractivity contribution >= 4 is 29.0 Å². The van der Waals surface area contributed by atoms with Crippen LogP contribution in [0.3, 0.4) is 0 Å². The number of hydrogen-bond acceptors (Lipinski definition) is 5. The van der Waals surface area contributed by atoms with Gasteiger partial charge in [-0.3, -0.25) is 14.9 Å². The Bertz CT molecular complexity index is 693. The lowest BCUT2D eigenvalue weighted by Gasteiger charge is -2.12. The van der Waals surface area contributed by atoms with Crippen molar-refractivity contribution in [2.45, 2.75) is 12.8 Å². The van der Waals surface area contributed by atoms with Crippen LogP contribution < -0.4 is 5.32 Å². The largest absolute Gasteiger partial charge is 0.308 e. The van der Waals surface area contributed by atoms with Crippen LogP contribution in [-0.2, 0) is 4.79 Å². The minimum Gasteiger partial charge on any atom is -0.308 e.